The van der Waals surface area contributed by atoms with E-state index in [1.54, 1.807) is 30.3 Å². The Morgan fingerprint density at radius 2 is 1.79 bits per heavy atom. The van der Waals surface area contributed by atoms with Gasteiger partial charge < -0.3 is 10.1 Å². The van der Waals surface area contributed by atoms with Gasteiger partial charge in [-0.2, -0.15) is 0 Å². The second-order valence-corrected chi connectivity index (χ2v) is 8.37. The van der Waals surface area contributed by atoms with Gasteiger partial charge in [-0.25, -0.2) is 8.42 Å². The number of hydrogen-bond donors (Lipinski definition) is 1. The number of rotatable bonds is 5. The zero-order valence-corrected chi connectivity index (χ0v) is 16.5. The summed E-state index contributed by atoms with van der Waals surface area (Å²) >= 11 is 0. The average molecular weight is 409 g/mol. The molecule has 0 saturated heterocycles. The van der Waals surface area contributed by atoms with E-state index in [0.29, 0.717) is 35.7 Å². The van der Waals surface area contributed by atoms with E-state index in [1.165, 1.54) is 35.9 Å². The molecule has 0 spiro atoms. The van der Waals surface area contributed by atoms with E-state index in [-0.39, 0.29) is 10.8 Å². The fraction of sp³-hybridized carbons (Fsp3) is 0.143. The Morgan fingerprint density at radius 3 is 2.48 bits per heavy atom. The SMILES string of the molecule is COc1ccc(S(=O)(=O)N2CCc3cccc(NC(=O)c4ccncc4)c32)cc1. The molecule has 148 valence electrons. The summed E-state index contributed by atoms with van der Waals surface area (Å²) < 4.78 is 33.0. The van der Waals surface area contributed by atoms with Crippen LogP contribution in [0.1, 0.15) is 15.9 Å². The topological polar surface area (TPSA) is 88.6 Å². The number of fused-ring (bicyclic) bond motifs is 1. The van der Waals surface area contributed by atoms with Crippen molar-refractivity contribution >= 4 is 27.3 Å². The smallest absolute Gasteiger partial charge is 0.264 e. The van der Waals surface area contributed by atoms with Crippen LogP contribution in [0.15, 0.2) is 71.9 Å². The Kier molecular flexibility index (Phi) is 4.94. The highest BCUT2D eigenvalue weighted by atomic mass is 32.2. The van der Waals surface area contributed by atoms with Gasteiger partial charge >= 0.3 is 0 Å². The van der Waals surface area contributed by atoms with E-state index in [4.69, 9.17) is 4.74 Å². The monoisotopic (exact) mass is 409 g/mol. The second kappa shape index (κ2) is 7.56. The Bertz CT molecular complexity index is 1150. The number of sulfonamides is 1. The van der Waals surface area contributed by atoms with Gasteiger partial charge in [0.1, 0.15) is 5.75 Å². The first kappa shape index (κ1) is 18.9. The number of nitrogens with zero attached hydrogens (tertiary/aromatic N) is 2. The number of nitrogens with one attached hydrogen (secondary N) is 1. The number of carbonyl (C=O) groups is 1. The normalized spacial score (nSPS) is 13.1. The lowest BCUT2D eigenvalue weighted by molar-refractivity contribution is 0.102. The van der Waals surface area contributed by atoms with Crippen LogP contribution in [0.2, 0.25) is 0 Å². The fourth-order valence-electron chi connectivity index (χ4n) is 3.34. The fourth-order valence-corrected chi connectivity index (χ4v) is 4.86. The lowest BCUT2D eigenvalue weighted by Crippen LogP contribution is -2.30. The summed E-state index contributed by atoms with van der Waals surface area (Å²) in [6.45, 7) is 0.311. The van der Waals surface area contributed by atoms with Crippen molar-refractivity contribution in [2.45, 2.75) is 11.3 Å². The Morgan fingerprint density at radius 1 is 1.07 bits per heavy atom. The van der Waals surface area contributed by atoms with Gasteiger partial charge in [0.2, 0.25) is 0 Å². The van der Waals surface area contributed by atoms with Gasteiger partial charge in [0.25, 0.3) is 15.9 Å². The number of carbonyl (C=O) groups excluding carboxylic acids is 1. The molecule has 1 aromatic heterocycles. The summed E-state index contributed by atoms with van der Waals surface area (Å²) in [6.07, 6.45) is 3.64. The zero-order chi connectivity index (χ0) is 20.4. The molecule has 1 aliphatic rings. The maximum atomic E-state index is 13.3. The van der Waals surface area contributed by atoms with Gasteiger partial charge in [-0.1, -0.05) is 12.1 Å². The van der Waals surface area contributed by atoms with Crippen LogP contribution in [0, 0.1) is 0 Å². The Labute approximate surface area is 169 Å². The van der Waals surface area contributed by atoms with Crippen molar-refractivity contribution in [3.05, 3.63) is 78.1 Å². The molecule has 0 atom stereocenters. The summed E-state index contributed by atoms with van der Waals surface area (Å²) in [4.78, 5) is 16.7. The van der Waals surface area contributed by atoms with Crippen LogP contribution in [0.3, 0.4) is 0 Å². The molecule has 0 saturated carbocycles. The highest BCUT2D eigenvalue weighted by Gasteiger charge is 2.33. The Hall–Kier alpha value is -3.39. The van der Waals surface area contributed by atoms with Crippen molar-refractivity contribution in [1.29, 1.82) is 0 Å². The maximum absolute atomic E-state index is 13.3. The van der Waals surface area contributed by atoms with Crippen molar-refractivity contribution in [2.75, 3.05) is 23.3 Å². The van der Waals surface area contributed by atoms with Crippen LogP contribution in [0.4, 0.5) is 11.4 Å². The van der Waals surface area contributed by atoms with Crippen LogP contribution in [0.5, 0.6) is 5.75 Å². The maximum Gasteiger partial charge on any atom is 0.264 e. The summed E-state index contributed by atoms with van der Waals surface area (Å²) in [7, 11) is -2.26. The van der Waals surface area contributed by atoms with Crippen molar-refractivity contribution in [3.8, 4) is 5.75 Å². The minimum Gasteiger partial charge on any atom is -0.497 e. The minimum atomic E-state index is -3.78. The average Bonchev–Trinajstić information content (AvgIpc) is 3.20. The molecular formula is C21H19N3O4S. The molecule has 0 radical (unpaired) electrons. The number of anilines is 2. The number of para-hydroxylation sites is 1. The first-order valence-corrected chi connectivity index (χ1v) is 10.4. The van der Waals surface area contributed by atoms with Gasteiger partial charge in [-0.15, -0.1) is 0 Å². The van der Waals surface area contributed by atoms with Crippen LogP contribution in [0.25, 0.3) is 0 Å². The van der Waals surface area contributed by atoms with Crippen LogP contribution >= 0.6 is 0 Å². The van der Waals surface area contributed by atoms with E-state index < -0.39 is 10.0 Å². The molecule has 3 aromatic rings. The van der Waals surface area contributed by atoms with Crippen LogP contribution < -0.4 is 14.4 Å². The third-order valence-corrected chi connectivity index (χ3v) is 6.60. The zero-order valence-electron chi connectivity index (χ0n) is 15.7. The molecule has 1 aliphatic heterocycles. The third-order valence-electron chi connectivity index (χ3n) is 4.79. The predicted molar refractivity (Wildman–Crippen MR) is 110 cm³/mol. The highest BCUT2D eigenvalue weighted by molar-refractivity contribution is 7.92. The third kappa shape index (κ3) is 3.54. The molecular weight excluding hydrogens is 390 g/mol. The molecule has 0 unspecified atom stereocenters. The minimum absolute atomic E-state index is 0.168. The first-order valence-electron chi connectivity index (χ1n) is 9.01. The number of amides is 1. The van der Waals surface area contributed by atoms with Gasteiger partial charge in [-0.3, -0.25) is 14.1 Å². The molecule has 8 heteroatoms. The number of pyridine rings is 1. The molecule has 29 heavy (non-hydrogen) atoms. The van der Waals surface area contributed by atoms with Crippen LogP contribution in [-0.4, -0.2) is 33.0 Å². The lowest BCUT2D eigenvalue weighted by atomic mass is 10.1. The number of benzene rings is 2. The molecule has 1 amide bonds. The largest absolute Gasteiger partial charge is 0.497 e. The summed E-state index contributed by atoms with van der Waals surface area (Å²) in [5.41, 5.74) is 2.28. The lowest BCUT2D eigenvalue weighted by Gasteiger charge is -2.22. The molecule has 2 heterocycles. The van der Waals surface area contributed by atoms with Crippen molar-refractivity contribution in [1.82, 2.24) is 4.98 Å². The number of aromatic nitrogens is 1. The predicted octanol–water partition coefficient (Wildman–Crippen LogP) is 3.09. The van der Waals surface area contributed by atoms with E-state index in [2.05, 4.69) is 10.3 Å². The van der Waals surface area contributed by atoms with Gasteiger partial charge in [-0.05, 0) is 54.4 Å². The molecule has 0 bridgehead atoms. The second-order valence-electron chi connectivity index (χ2n) is 6.51. The summed E-state index contributed by atoms with van der Waals surface area (Å²) in [5, 5.41) is 2.84. The number of ether oxygens (including phenoxy) is 1. The molecule has 4 rings (SSSR count). The van der Waals surface area contributed by atoms with E-state index in [0.717, 1.165) is 5.56 Å². The van der Waals surface area contributed by atoms with Crippen LogP contribution in [-0.2, 0) is 16.4 Å². The van der Waals surface area contributed by atoms with Crippen molar-refractivity contribution in [3.63, 3.8) is 0 Å². The number of hydrogen-bond acceptors (Lipinski definition) is 5. The number of methoxy groups -OCH3 is 1. The van der Waals surface area contributed by atoms with Gasteiger partial charge in [0.05, 0.1) is 23.4 Å². The van der Waals surface area contributed by atoms with E-state index >= 15 is 0 Å². The van der Waals surface area contributed by atoms with Crippen molar-refractivity contribution in [2.24, 2.45) is 0 Å². The molecule has 1 N–H and O–H groups in total. The van der Waals surface area contributed by atoms with E-state index in [1.807, 2.05) is 12.1 Å². The quantitative estimate of drug-likeness (QED) is 0.700. The summed E-state index contributed by atoms with van der Waals surface area (Å²) in [5.74, 6) is 0.255. The Balaban J connectivity index is 1.70. The molecule has 7 nitrogen and oxygen atoms in total. The standard InChI is InChI=1S/C21H19N3O4S/c1-28-17-5-7-18(8-6-17)29(26,27)24-14-11-15-3-2-4-19(20(15)24)23-21(25)16-9-12-22-13-10-16/h2-10,12-13H,11,14H2,1H3,(H,23,25). The van der Waals surface area contributed by atoms with Gasteiger partial charge in [0.15, 0.2) is 0 Å². The molecule has 0 aliphatic carbocycles. The molecule has 0 fully saturated rings. The summed E-state index contributed by atoms with van der Waals surface area (Å²) in [6, 6.07) is 14.9. The van der Waals surface area contributed by atoms with Gasteiger partial charge in [0, 0.05) is 24.5 Å². The van der Waals surface area contributed by atoms with Crippen molar-refractivity contribution < 1.29 is 17.9 Å². The molecule has 2 aromatic carbocycles. The van der Waals surface area contributed by atoms with E-state index in [9.17, 15) is 13.2 Å². The first-order chi connectivity index (χ1) is 14.0. The highest BCUT2D eigenvalue weighted by Crippen LogP contribution is 2.39.